The summed E-state index contributed by atoms with van der Waals surface area (Å²) < 4.78 is 31.6. The molecule has 25 heavy (non-hydrogen) atoms. The molecule has 0 aromatic rings. The van der Waals surface area contributed by atoms with Crippen molar-refractivity contribution in [3.8, 4) is 0 Å². The second kappa shape index (κ2) is 382. The standard InChI is InChI=1S/Fe.H3N.H2O4S.18H2O/c;;1-5(2,3)4;;;;;;;;;;;;;;;;;;/h;1H3;(H2,1,2,3,4);18*1H2. The van der Waals surface area contributed by atoms with E-state index < -0.39 is 10.4 Å². The summed E-state index contributed by atoms with van der Waals surface area (Å²) in [5.41, 5.74) is 0. The van der Waals surface area contributed by atoms with Crippen LogP contribution in [0.3, 0.4) is 0 Å². The number of rotatable bonds is 0. The van der Waals surface area contributed by atoms with Crippen molar-refractivity contribution in [2.45, 2.75) is 0 Å². The molecule has 0 aliphatic carbocycles. The van der Waals surface area contributed by atoms with Crippen LogP contribution in [0.1, 0.15) is 0 Å². The third-order valence-corrected chi connectivity index (χ3v) is 0. The van der Waals surface area contributed by atoms with Crippen LogP contribution in [0, 0.1) is 0 Å². The summed E-state index contributed by atoms with van der Waals surface area (Å²) in [6.07, 6.45) is 0. The van der Waals surface area contributed by atoms with Gasteiger partial charge in [-0.05, 0) is 0 Å². The Morgan fingerprint density at radius 1 is 0.360 bits per heavy atom. The van der Waals surface area contributed by atoms with Crippen molar-refractivity contribution in [2.75, 3.05) is 0 Å². The smallest absolute Gasteiger partial charge is 0.394 e. The van der Waals surface area contributed by atoms with Crippen LogP contribution in [0.4, 0.5) is 0 Å². The molecule has 0 fully saturated rings. The molecule has 0 saturated carbocycles. The summed E-state index contributed by atoms with van der Waals surface area (Å²) in [6, 6.07) is 0. The SMILES string of the molecule is N.O.O.O.O.O.O.O.O.O.O.O.O.O.O.O.O.O.O.O=S(=O)(O)O.[Fe]. The predicted octanol–water partition coefficient (Wildman–Crippen LogP) is -15.3. The minimum atomic E-state index is -4.67. The van der Waals surface area contributed by atoms with Gasteiger partial charge in [-0.25, -0.2) is 0 Å². The van der Waals surface area contributed by atoms with E-state index in [1.165, 1.54) is 0 Å². The quantitative estimate of drug-likeness (QED) is 0.217. The van der Waals surface area contributed by atoms with Crippen molar-refractivity contribution in [1.29, 1.82) is 0 Å². The van der Waals surface area contributed by atoms with Gasteiger partial charge in [0.25, 0.3) is 0 Å². The van der Waals surface area contributed by atoms with Crippen LogP contribution in [-0.2, 0) is 27.5 Å². The van der Waals surface area contributed by atoms with Gasteiger partial charge in [0.2, 0.25) is 0 Å². The Labute approximate surface area is 150 Å². The Kier molecular flexibility index (Phi) is 15900. The molecule has 25 heteroatoms. The molecule has 0 rings (SSSR count). The minimum Gasteiger partial charge on any atom is -0.412 e. The van der Waals surface area contributed by atoms with Crippen molar-refractivity contribution in [1.82, 2.24) is 6.15 Å². The second-order valence-electron chi connectivity index (χ2n) is 0.448. The summed E-state index contributed by atoms with van der Waals surface area (Å²) in [6.45, 7) is 0. The molecule has 0 saturated heterocycles. The van der Waals surface area contributed by atoms with Gasteiger partial charge in [-0.2, -0.15) is 8.42 Å². The van der Waals surface area contributed by atoms with E-state index in [0.717, 1.165) is 0 Å². The van der Waals surface area contributed by atoms with Crippen LogP contribution < -0.4 is 6.15 Å². The zero-order chi connectivity index (χ0) is 4.50. The Balaban J connectivity index is -0.000000000421. The molecular formula is H41FeNO22S. The average molecular weight is 495 g/mol. The van der Waals surface area contributed by atoms with Crippen LogP contribution in [0.2, 0.25) is 0 Å². The number of hydrogen-bond acceptors (Lipinski definition) is 3. The van der Waals surface area contributed by atoms with E-state index >= 15 is 0 Å². The molecular weight excluding hydrogens is 454 g/mol. The van der Waals surface area contributed by atoms with E-state index in [9.17, 15) is 0 Å². The summed E-state index contributed by atoms with van der Waals surface area (Å²) in [7, 11) is -4.67. The zero-order valence-corrected chi connectivity index (χ0v) is 14.1. The van der Waals surface area contributed by atoms with E-state index in [1.54, 1.807) is 0 Å². The molecule has 0 heterocycles. The Morgan fingerprint density at radius 3 is 0.360 bits per heavy atom. The van der Waals surface area contributed by atoms with Gasteiger partial charge in [0.1, 0.15) is 0 Å². The van der Waals surface area contributed by atoms with Crippen LogP contribution in [0.5, 0.6) is 0 Å². The maximum Gasteiger partial charge on any atom is 0.394 e. The van der Waals surface area contributed by atoms with E-state index in [4.69, 9.17) is 17.5 Å². The van der Waals surface area contributed by atoms with Gasteiger partial charge in [0.05, 0.1) is 0 Å². The molecule has 23 nitrogen and oxygen atoms in total. The van der Waals surface area contributed by atoms with Gasteiger partial charge in [0.15, 0.2) is 0 Å². The summed E-state index contributed by atoms with van der Waals surface area (Å²) in [4.78, 5) is 0. The van der Waals surface area contributed by atoms with E-state index in [2.05, 4.69) is 0 Å². The predicted molar refractivity (Wildman–Crippen MR) is 84.2 cm³/mol. The summed E-state index contributed by atoms with van der Waals surface area (Å²) >= 11 is 0. The van der Waals surface area contributed by atoms with E-state index in [-0.39, 0.29) is 122 Å². The van der Waals surface area contributed by atoms with Crippen molar-refractivity contribution in [3.63, 3.8) is 0 Å². The first-order valence-corrected chi connectivity index (χ1v) is 2.10. The first kappa shape index (κ1) is 1040. The first-order valence-electron chi connectivity index (χ1n) is 0.698. The van der Waals surface area contributed by atoms with E-state index in [1.807, 2.05) is 0 Å². The monoisotopic (exact) mass is 495 g/mol. The molecule has 0 atom stereocenters. The molecule has 0 bridgehead atoms. The van der Waals surface area contributed by atoms with Crippen molar-refractivity contribution in [2.24, 2.45) is 0 Å². The van der Waals surface area contributed by atoms with Gasteiger partial charge in [0, 0.05) is 17.1 Å². The molecule has 0 unspecified atom stereocenters. The Morgan fingerprint density at radius 2 is 0.360 bits per heavy atom. The van der Waals surface area contributed by atoms with Gasteiger partial charge in [-0.15, -0.1) is 0 Å². The Bertz CT molecular complexity index is 101. The average Bonchev–Trinajstić information content (AvgIpc) is 0.722. The molecule has 0 aliphatic rings. The van der Waals surface area contributed by atoms with Crippen molar-refractivity contribution in [3.05, 3.63) is 0 Å². The van der Waals surface area contributed by atoms with Gasteiger partial charge >= 0.3 is 10.4 Å². The normalized spacial score (nSPS) is 2.32. The fraction of sp³-hybridized carbons (Fsp3) is 0. The molecule has 0 amide bonds. The second-order valence-corrected chi connectivity index (χ2v) is 1.34. The Hall–Kier alpha value is -0.371. The van der Waals surface area contributed by atoms with Crippen molar-refractivity contribution >= 4 is 10.4 Å². The third kappa shape index (κ3) is 80500. The number of hydrogen-bond donors (Lipinski definition) is 3. The minimum absolute atomic E-state index is 0. The van der Waals surface area contributed by atoms with Crippen LogP contribution in [0.15, 0.2) is 0 Å². The van der Waals surface area contributed by atoms with Gasteiger partial charge in [-0.1, -0.05) is 0 Å². The zero-order valence-electron chi connectivity index (χ0n) is 12.2. The van der Waals surface area contributed by atoms with Crippen molar-refractivity contribution < 1.29 is 133 Å². The molecule has 192 valence electrons. The van der Waals surface area contributed by atoms with E-state index in [0.29, 0.717) is 0 Å². The maximum absolute atomic E-state index is 8.74. The summed E-state index contributed by atoms with van der Waals surface area (Å²) in [5.74, 6) is 0. The molecule has 0 spiro atoms. The molecule has 0 aromatic carbocycles. The largest absolute Gasteiger partial charge is 0.412 e. The third-order valence-electron chi connectivity index (χ3n) is 0. The van der Waals surface area contributed by atoms with Crippen LogP contribution in [-0.4, -0.2) is 116 Å². The fourth-order valence-corrected chi connectivity index (χ4v) is 0. The summed E-state index contributed by atoms with van der Waals surface area (Å²) in [5, 5.41) is 0. The molecule has 41 N–H and O–H groups in total. The fourth-order valence-electron chi connectivity index (χ4n) is 0. The first-order chi connectivity index (χ1) is 2.00. The van der Waals surface area contributed by atoms with Crippen LogP contribution in [0.25, 0.3) is 0 Å². The van der Waals surface area contributed by atoms with Gasteiger partial charge < -0.3 is 105 Å². The topological polar surface area (TPSA) is 677 Å². The van der Waals surface area contributed by atoms with Crippen LogP contribution >= 0.6 is 0 Å². The maximum atomic E-state index is 8.74. The van der Waals surface area contributed by atoms with Gasteiger partial charge in [-0.3, -0.25) is 9.11 Å². The molecule has 0 aliphatic heterocycles. The molecule has 0 radical (unpaired) electrons. The molecule has 0 aromatic heterocycles.